The van der Waals surface area contributed by atoms with Crippen molar-refractivity contribution in [3.8, 4) is 0 Å². The summed E-state index contributed by atoms with van der Waals surface area (Å²) in [5.41, 5.74) is 1.24. The van der Waals surface area contributed by atoms with Gasteiger partial charge in [-0.05, 0) is 18.5 Å². The summed E-state index contributed by atoms with van der Waals surface area (Å²) in [7, 11) is 0. The third-order valence-electron chi connectivity index (χ3n) is 2.83. The molecule has 0 aliphatic rings. The van der Waals surface area contributed by atoms with Gasteiger partial charge in [-0.1, -0.05) is 37.3 Å². The van der Waals surface area contributed by atoms with Crippen LogP contribution in [0.2, 0.25) is 0 Å². The van der Waals surface area contributed by atoms with Crippen molar-refractivity contribution in [3.63, 3.8) is 0 Å². The highest BCUT2D eigenvalue weighted by Gasteiger charge is 2.15. The molecule has 0 amide bonds. The highest BCUT2D eigenvalue weighted by molar-refractivity contribution is 5.14. The van der Waals surface area contributed by atoms with Gasteiger partial charge in [-0.3, -0.25) is 10.1 Å². The maximum absolute atomic E-state index is 10.6. The molecule has 1 aromatic rings. The monoisotopic (exact) mass is 236 g/mol. The van der Waals surface area contributed by atoms with Crippen molar-refractivity contribution in [1.82, 2.24) is 5.32 Å². The largest absolute Gasteiger partial charge is 0.313 e. The van der Waals surface area contributed by atoms with Crippen molar-refractivity contribution < 1.29 is 4.92 Å². The van der Waals surface area contributed by atoms with Crippen molar-refractivity contribution in [1.29, 1.82) is 0 Å². The highest BCUT2D eigenvalue weighted by atomic mass is 16.6. The highest BCUT2D eigenvalue weighted by Crippen LogP contribution is 2.05. The van der Waals surface area contributed by atoms with Gasteiger partial charge in [-0.15, -0.1) is 0 Å². The minimum absolute atomic E-state index is 0.169. The van der Waals surface area contributed by atoms with E-state index in [0.29, 0.717) is 12.8 Å². The molecule has 1 atom stereocenters. The van der Waals surface area contributed by atoms with E-state index in [1.807, 2.05) is 25.1 Å². The number of nitrogens with one attached hydrogen (secondary N) is 1. The lowest BCUT2D eigenvalue weighted by molar-refractivity contribution is -0.523. The number of benzene rings is 1. The van der Waals surface area contributed by atoms with Gasteiger partial charge in [-0.25, -0.2) is 0 Å². The maximum Gasteiger partial charge on any atom is 0.212 e. The van der Waals surface area contributed by atoms with Gasteiger partial charge in [0, 0.05) is 24.3 Å². The van der Waals surface area contributed by atoms with Gasteiger partial charge in [0.25, 0.3) is 0 Å². The zero-order valence-corrected chi connectivity index (χ0v) is 10.3. The van der Waals surface area contributed by atoms with E-state index in [0.717, 1.165) is 19.5 Å². The lowest BCUT2D eigenvalue weighted by atomic mass is 10.1. The summed E-state index contributed by atoms with van der Waals surface area (Å²) in [4.78, 5) is 10.4. The molecular weight excluding hydrogens is 216 g/mol. The van der Waals surface area contributed by atoms with Gasteiger partial charge < -0.3 is 5.32 Å². The molecule has 0 radical (unpaired) electrons. The summed E-state index contributed by atoms with van der Waals surface area (Å²) in [6.45, 7) is 3.53. The number of nitrogens with zero attached hydrogens (tertiary/aromatic N) is 1. The summed E-state index contributed by atoms with van der Waals surface area (Å²) < 4.78 is 0. The SMILES string of the molecule is CCC(CCCNCc1ccccc1)[N+](=O)[O-]. The van der Waals surface area contributed by atoms with Crippen molar-refractivity contribution in [2.75, 3.05) is 6.54 Å². The van der Waals surface area contributed by atoms with Crippen molar-refractivity contribution in [3.05, 3.63) is 46.0 Å². The van der Waals surface area contributed by atoms with Gasteiger partial charge in [0.05, 0.1) is 0 Å². The topological polar surface area (TPSA) is 55.2 Å². The van der Waals surface area contributed by atoms with Crippen molar-refractivity contribution in [2.45, 2.75) is 38.8 Å². The van der Waals surface area contributed by atoms with Crippen LogP contribution < -0.4 is 5.32 Å². The Hall–Kier alpha value is -1.42. The predicted molar refractivity (Wildman–Crippen MR) is 68.5 cm³/mol. The third-order valence-corrected chi connectivity index (χ3v) is 2.83. The first-order valence-electron chi connectivity index (χ1n) is 6.12. The number of rotatable bonds is 8. The first kappa shape index (κ1) is 13.6. The molecule has 0 saturated heterocycles. The summed E-state index contributed by atoms with van der Waals surface area (Å²) in [5, 5.41) is 13.9. The van der Waals surface area contributed by atoms with Gasteiger partial charge in [-0.2, -0.15) is 0 Å². The maximum atomic E-state index is 10.6. The molecule has 94 valence electrons. The molecule has 0 heterocycles. The van der Waals surface area contributed by atoms with Crippen LogP contribution in [-0.4, -0.2) is 17.5 Å². The zero-order chi connectivity index (χ0) is 12.5. The molecule has 1 aromatic carbocycles. The fourth-order valence-electron chi connectivity index (χ4n) is 1.75. The summed E-state index contributed by atoms with van der Waals surface area (Å²) in [5.74, 6) is 0. The minimum atomic E-state index is -0.381. The van der Waals surface area contributed by atoms with E-state index >= 15 is 0 Å². The number of nitro groups is 1. The standard InChI is InChI=1S/C13H20N2O2/c1-2-13(15(16)17)9-6-10-14-11-12-7-4-3-5-8-12/h3-5,7-8,13-14H,2,6,9-11H2,1H3. The molecular formula is C13H20N2O2. The predicted octanol–water partition coefficient (Wildman–Crippen LogP) is 2.61. The Balaban J connectivity index is 2.10. The summed E-state index contributed by atoms with van der Waals surface area (Å²) >= 11 is 0. The van der Waals surface area contributed by atoms with Crippen LogP contribution in [0.5, 0.6) is 0 Å². The van der Waals surface area contributed by atoms with Crippen molar-refractivity contribution >= 4 is 0 Å². The van der Waals surface area contributed by atoms with Crippen LogP contribution in [0.25, 0.3) is 0 Å². The van der Waals surface area contributed by atoms with E-state index in [1.165, 1.54) is 5.56 Å². The van der Waals surface area contributed by atoms with E-state index in [1.54, 1.807) is 0 Å². The smallest absolute Gasteiger partial charge is 0.212 e. The van der Waals surface area contributed by atoms with E-state index in [-0.39, 0.29) is 11.0 Å². The Labute approximate surface area is 102 Å². The van der Waals surface area contributed by atoms with Crippen LogP contribution in [-0.2, 0) is 6.54 Å². The number of hydrogen-bond donors (Lipinski definition) is 1. The first-order valence-corrected chi connectivity index (χ1v) is 6.12. The fourth-order valence-corrected chi connectivity index (χ4v) is 1.75. The Morgan fingerprint density at radius 3 is 2.65 bits per heavy atom. The van der Waals surface area contributed by atoms with Crippen LogP contribution in [0.4, 0.5) is 0 Å². The Kier molecular flexibility index (Phi) is 6.25. The van der Waals surface area contributed by atoms with Crippen LogP contribution in [0, 0.1) is 10.1 Å². The molecule has 0 aliphatic heterocycles. The first-order chi connectivity index (χ1) is 8.24. The van der Waals surface area contributed by atoms with Gasteiger partial charge in [0.1, 0.15) is 0 Å². The van der Waals surface area contributed by atoms with Crippen LogP contribution >= 0.6 is 0 Å². The van der Waals surface area contributed by atoms with Gasteiger partial charge >= 0.3 is 0 Å². The lowest BCUT2D eigenvalue weighted by Crippen LogP contribution is -2.21. The quantitative estimate of drug-likeness (QED) is 0.429. The minimum Gasteiger partial charge on any atom is -0.313 e. The average molecular weight is 236 g/mol. The van der Waals surface area contributed by atoms with E-state index < -0.39 is 0 Å². The normalized spacial score (nSPS) is 12.3. The lowest BCUT2D eigenvalue weighted by Gasteiger charge is -2.07. The second kappa shape index (κ2) is 7.79. The molecule has 0 bridgehead atoms. The summed E-state index contributed by atoms with van der Waals surface area (Å²) in [6, 6.07) is 9.77. The molecule has 0 fully saturated rings. The van der Waals surface area contributed by atoms with Gasteiger partial charge in [0.15, 0.2) is 0 Å². The molecule has 0 saturated carbocycles. The molecule has 0 aromatic heterocycles. The molecule has 0 spiro atoms. The zero-order valence-electron chi connectivity index (χ0n) is 10.3. The molecule has 1 unspecified atom stereocenters. The average Bonchev–Trinajstić information content (AvgIpc) is 2.34. The molecule has 1 N–H and O–H groups in total. The van der Waals surface area contributed by atoms with E-state index in [4.69, 9.17) is 0 Å². The van der Waals surface area contributed by atoms with Crippen LogP contribution in [0.3, 0.4) is 0 Å². The second-order valence-corrected chi connectivity index (χ2v) is 4.15. The van der Waals surface area contributed by atoms with Gasteiger partial charge in [0.2, 0.25) is 6.04 Å². The second-order valence-electron chi connectivity index (χ2n) is 4.15. The number of hydrogen-bond acceptors (Lipinski definition) is 3. The third kappa shape index (κ3) is 5.45. The van der Waals surface area contributed by atoms with E-state index in [2.05, 4.69) is 17.4 Å². The molecule has 17 heavy (non-hydrogen) atoms. The van der Waals surface area contributed by atoms with Crippen LogP contribution in [0.1, 0.15) is 31.7 Å². The molecule has 0 aliphatic carbocycles. The fraction of sp³-hybridized carbons (Fsp3) is 0.538. The summed E-state index contributed by atoms with van der Waals surface area (Å²) in [6.07, 6.45) is 2.13. The Bertz CT molecular complexity index is 327. The van der Waals surface area contributed by atoms with E-state index in [9.17, 15) is 10.1 Å². The molecule has 4 nitrogen and oxygen atoms in total. The Morgan fingerprint density at radius 1 is 1.35 bits per heavy atom. The van der Waals surface area contributed by atoms with Crippen molar-refractivity contribution in [2.24, 2.45) is 0 Å². The molecule has 4 heteroatoms. The Morgan fingerprint density at radius 2 is 2.06 bits per heavy atom. The van der Waals surface area contributed by atoms with Crippen LogP contribution in [0.15, 0.2) is 30.3 Å². The molecule has 1 rings (SSSR count).